The minimum atomic E-state index is -1.10. The number of carbonyl (C=O) groups excluding carboxylic acids is 1. The van der Waals surface area contributed by atoms with Crippen LogP contribution in [0.4, 0.5) is 5.69 Å². The van der Waals surface area contributed by atoms with Crippen LogP contribution in [-0.4, -0.2) is 36.8 Å². The Hall–Kier alpha value is -2.08. The van der Waals surface area contributed by atoms with E-state index in [1.165, 1.54) is 25.3 Å². The molecular formula is C14H17NO5. The molecule has 0 radical (unpaired) electrons. The van der Waals surface area contributed by atoms with E-state index in [0.29, 0.717) is 18.8 Å². The monoisotopic (exact) mass is 279 g/mol. The van der Waals surface area contributed by atoms with Gasteiger partial charge in [-0.05, 0) is 31.4 Å². The quantitative estimate of drug-likeness (QED) is 0.879. The van der Waals surface area contributed by atoms with Crippen molar-refractivity contribution in [1.82, 2.24) is 0 Å². The zero-order valence-corrected chi connectivity index (χ0v) is 11.2. The molecule has 1 amide bonds. The topological polar surface area (TPSA) is 84.9 Å². The highest BCUT2D eigenvalue weighted by atomic mass is 16.5. The molecule has 2 N–H and O–H groups in total. The fourth-order valence-electron chi connectivity index (χ4n) is 2.10. The van der Waals surface area contributed by atoms with Crippen molar-refractivity contribution in [2.45, 2.75) is 25.4 Å². The predicted molar refractivity (Wildman–Crippen MR) is 72.2 cm³/mol. The molecule has 1 atom stereocenters. The molecule has 1 aromatic carbocycles. The SMILES string of the molecule is COc1ccc(C(=O)O)c(NC(=O)C2CCCCO2)c1. The van der Waals surface area contributed by atoms with Gasteiger partial charge in [0.15, 0.2) is 0 Å². The second-order valence-electron chi connectivity index (χ2n) is 4.56. The van der Waals surface area contributed by atoms with Gasteiger partial charge in [-0.1, -0.05) is 0 Å². The van der Waals surface area contributed by atoms with Gasteiger partial charge in [-0.3, -0.25) is 4.79 Å². The number of carboxylic acid groups (broad SMARTS) is 1. The van der Waals surface area contributed by atoms with E-state index in [-0.39, 0.29) is 17.2 Å². The number of benzene rings is 1. The molecule has 20 heavy (non-hydrogen) atoms. The van der Waals surface area contributed by atoms with Crippen molar-refractivity contribution in [2.75, 3.05) is 19.0 Å². The van der Waals surface area contributed by atoms with Gasteiger partial charge in [0.1, 0.15) is 11.9 Å². The molecule has 1 unspecified atom stereocenters. The molecule has 1 aromatic rings. The zero-order valence-electron chi connectivity index (χ0n) is 11.2. The third-order valence-corrected chi connectivity index (χ3v) is 3.19. The number of amides is 1. The van der Waals surface area contributed by atoms with Gasteiger partial charge in [0.2, 0.25) is 0 Å². The van der Waals surface area contributed by atoms with Crippen molar-refractivity contribution >= 4 is 17.6 Å². The van der Waals surface area contributed by atoms with E-state index >= 15 is 0 Å². The highest BCUT2D eigenvalue weighted by Crippen LogP contribution is 2.24. The summed E-state index contributed by atoms with van der Waals surface area (Å²) in [5.74, 6) is -0.942. The first-order chi connectivity index (χ1) is 9.61. The Kier molecular flexibility index (Phi) is 4.57. The first kappa shape index (κ1) is 14.3. The summed E-state index contributed by atoms with van der Waals surface area (Å²) in [5.41, 5.74) is 0.242. The molecular weight excluding hydrogens is 262 g/mol. The normalized spacial score (nSPS) is 18.4. The van der Waals surface area contributed by atoms with Crippen molar-refractivity contribution in [3.63, 3.8) is 0 Å². The van der Waals surface area contributed by atoms with Gasteiger partial charge in [-0.2, -0.15) is 0 Å². The lowest BCUT2D eigenvalue weighted by Gasteiger charge is -2.22. The Bertz CT molecular complexity index is 508. The highest BCUT2D eigenvalue weighted by Gasteiger charge is 2.23. The number of rotatable bonds is 4. The number of aromatic carboxylic acids is 1. The lowest BCUT2D eigenvalue weighted by molar-refractivity contribution is -0.129. The largest absolute Gasteiger partial charge is 0.497 e. The Morgan fingerprint density at radius 1 is 1.40 bits per heavy atom. The van der Waals surface area contributed by atoms with Gasteiger partial charge in [-0.25, -0.2) is 4.79 Å². The molecule has 0 spiro atoms. The summed E-state index contributed by atoms with van der Waals surface area (Å²) >= 11 is 0. The summed E-state index contributed by atoms with van der Waals surface area (Å²) in [4.78, 5) is 23.2. The third-order valence-electron chi connectivity index (χ3n) is 3.19. The van der Waals surface area contributed by atoms with Crippen LogP contribution in [0, 0.1) is 0 Å². The molecule has 1 heterocycles. The molecule has 108 valence electrons. The second-order valence-corrected chi connectivity index (χ2v) is 4.56. The summed E-state index contributed by atoms with van der Waals surface area (Å²) in [7, 11) is 1.48. The van der Waals surface area contributed by atoms with E-state index in [1.54, 1.807) is 0 Å². The van der Waals surface area contributed by atoms with Crippen LogP contribution in [-0.2, 0) is 9.53 Å². The van der Waals surface area contributed by atoms with Crippen LogP contribution in [0.15, 0.2) is 18.2 Å². The number of methoxy groups -OCH3 is 1. The Balaban J connectivity index is 2.17. The van der Waals surface area contributed by atoms with Crippen molar-refractivity contribution in [1.29, 1.82) is 0 Å². The Morgan fingerprint density at radius 3 is 2.80 bits per heavy atom. The molecule has 0 aromatic heterocycles. The maximum atomic E-state index is 12.1. The molecule has 6 nitrogen and oxygen atoms in total. The summed E-state index contributed by atoms with van der Waals surface area (Å²) in [6.07, 6.45) is 2.01. The van der Waals surface area contributed by atoms with Gasteiger partial charge in [-0.15, -0.1) is 0 Å². The van der Waals surface area contributed by atoms with Crippen molar-refractivity contribution in [2.24, 2.45) is 0 Å². The Morgan fingerprint density at radius 2 is 2.20 bits per heavy atom. The molecule has 1 aliphatic rings. The van der Waals surface area contributed by atoms with Crippen molar-refractivity contribution < 1.29 is 24.2 Å². The minimum absolute atomic E-state index is 0.0231. The van der Waals surface area contributed by atoms with E-state index in [9.17, 15) is 9.59 Å². The molecule has 6 heteroatoms. The molecule has 0 bridgehead atoms. The van der Waals surface area contributed by atoms with Gasteiger partial charge in [0.05, 0.1) is 18.4 Å². The van der Waals surface area contributed by atoms with E-state index in [4.69, 9.17) is 14.6 Å². The number of carbonyl (C=O) groups is 2. The first-order valence-electron chi connectivity index (χ1n) is 6.45. The zero-order chi connectivity index (χ0) is 14.5. The lowest BCUT2D eigenvalue weighted by atomic mass is 10.1. The van der Waals surface area contributed by atoms with Crippen LogP contribution in [0.1, 0.15) is 29.6 Å². The third kappa shape index (κ3) is 3.27. The van der Waals surface area contributed by atoms with Crippen LogP contribution >= 0.6 is 0 Å². The van der Waals surface area contributed by atoms with E-state index in [1.807, 2.05) is 0 Å². The maximum Gasteiger partial charge on any atom is 0.337 e. The molecule has 0 aliphatic carbocycles. The van der Waals surface area contributed by atoms with E-state index in [0.717, 1.165) is 12.8 Å². The van der Waals surface area contributed by atoms with E-state index < -0.39 is 12.1 Å². The van der Waals surface area contributed by atoms with Crippen LogP contribution in [0.2, 0.25) is 0 Å². The molecule has 0 saturated carbocycles. The fraction of sp³-hybridized carbons (Fsp3) is 0.429. The average Bonchev–Trinajstić information content (AvgIpc) is 2.47. The smallest absolute Gasteiger partial charge is 0.337 e. The predicted octanol–water partition coefficient (Wildman–Crippen LogP) is 1.90. The summed E-state index contributed by atoms with van der Waals surface area (Å²) in [5, 5.41) is 11.7. The first-order valence-corrected chi connectivity index (χ1v) is 6.45. The molecule has 1 aliphatic heterocycles. The average molecular weight is 279 g/mol. The van der Waals surface area contributed by atoms with Gasteiger partial charge in [0.25, 0.3) is 5.91 Å². The number of hydrogen-bond donors (Lipinski definition) is 2. The molecule has 1 saturated heterocycles. The highest BCUT2D eigenvalue weighted by molar-refractivity contribution is 6.02. The minimum Gasteiger partial charge on any atom is -0.497 e. The second kappa shape index (κ2) is 6.38. The maximum absolute atomic E-state index is 12.1. The summed E-state index contributed by atoms with van der Waals surface area (Å²) in [6.45, 7) is 0.558. The number of anilines is 1. The van der Waals surface area contributed by atoms with Gasteiger partial charge in [0, 0.05) is 12.7 Å². The molecule has 1 fully saturated rings. The van der Waals surface area contributed by atoms with Crippen LogP contribution in [0.5, 0.6) is 5.75 Å². The van der Waals surface area contributed by atoms with Gasteiger partial charge >= 0.3 is 5.97 Å². The standard InChI is InChI=1S/C14H17NO5/c1-19-9-5-6-10(14(17)18)11(8-9)15-13(16)12-4-2-3-7-20-12/h5-6,8,12H,2-4,7H2,1H3,(H,15,16)(H,17,18). The van der Waals surface area contributed by atoms with E-state index in [2.05, 4.69) is 5.32 Å². The number of nitrogens with one attached hydrogen (secondary N) is 1. The van der Waals surface area contributed by atoms with Gasteiger partial charge < -0.3 is 19.9 Å². The number of ether oxygens (including phenoxy) is 2. The molecule has 2 rings (SSSR count). The van der Waals surface area contributed by atoms with Crippen molar-refractivity contribution in [3.05, 3.63) is 23.8 Å². The number of carboxylic acids is 1. The van der Waals surface area contributed by atoms with Crippen LogP contribution < -0.4 is 10.1 Å². The summed E-state index contributed by atoms with van der Waals surface area (Å²) < 4.78 is 10.4. The summed E-state index contributed by atoms with van der Waals surface area (Å²) in [6, 6.07) is 4.43. The van der Waals surface area contributed by atoms with Crippen LogP contribution in [0.3, 0.4) is 0 Å². The number of hydrogen-bond acceptors (Lipinski definition) is 4. The lowest BCUT2D eigenvalue weighted by Crippen LogP contribution is -2.33. The fourth-order valence-corrected chi connectivity index (χ4v) is 2.10. The Labute approximate surface area is 116 Å². The van der Waals surface area contributed by atoms with Crippen molar-refractivity contribution in [3.8, 4) is 5.75 Å². The van der Waals surface area contributed by atoms with Crippen LogP contribution in [0.25, 0.3) is 0 Å².